The van der Waals surface area contributed by atoms with E-state index in [-0.39, 0.29) is 22.6 Å². The first-order valence-electron chi connectivity index (χ1n) is 3.92. The van der Waals surface area contributed by atoms with Crippen molar-refractivity contribution in [1.29, 1.82) is 5.26 Å². The average molecular weight is 191 g/mol. The Morgan fingerprint density at radius 3 is 2.57 bits per heavy atom. The second-order valence-electron chi connectivity index (χ2n) is 2.91. The van der Waals surface area contributed by atoms with Crippen LogP contribution in [0, 0.1) is 18.3 Å². The number of H-pyrrole nitrogens is 1. The zero-order valence-electron chi connectivity index (χ0n) is 7.84. The maximum absolute atomic E-state index is 11.2. The number of carbonyl (C=O) groups is 1. The molecule has 0 spiro atoms. The number of nitrogen functional groups attached to an aromatic ring is 1. The Kier molecular flexibility index (Phi) is 2.38. The molecule has 0 saturated carbocycles. The van der Waals surface area contributed by atoms with Crippen molar-refractivity contribution in [1.82, 2.24) is 4.98 Å². The molecule has 1 aromatic rings. The smallest absolute Gasteiger partial charge is 0.268 e. The number of anilines is 1. The molecule has 0 aliphatic carbocycles. The summed E-state index contributed by atoms with van der Waals surface area (Å²) in [5.41, 5.74) is 5.32. The van der Waals surface area contributed by atoms with Gasteiger partial charge in [0.25, 0.3) is 5.56 Å². The largest absolute Gasteiger partial charge is 0.397 e. The van der Waals surface area contributed by atoms with Gasteiger partial charge in [0, 0.05) is 5.69 Å². The number of aryl methyl sites for hydroxylation is 1. The van der Waals surface area contributed by atoms with Crippen LogP contribution in [0.4, 0.5) is 5.69 Å². The molecule has 0 fully saturated rings. The Morgan fingerprint density at radius 1 is 1.57 bits per heavy atom. The lowest BCUT2D eigenvalue weighted by Crippen LogP contribution is -2.19. The molecule has 0 saturated heterocycles. The summed E-state index contributed by atoms with van der Waals surface area (Å²) in [6.45, 7) is 2.90. The standard InChI is InChI=1S/C9H9N3O2/c1-4-7(5(2)13)8(11)6(3-10)9(14)12-4/h1-2H3,(H3,11,12,14). The van der Waals surface area contributed by atoms with Crippen LogP contribution in [0.25, 0.3) is 0 Å². The Balaban J connectivity index is 3.72. The van der Waals surface area contributed by atoms with Gasteiger partial charge < -0.3 is 10.7 Å². The van der Waals surface area contributed by atoms with Crippen LogP contribution in [0.15, 0.2) is 4.79 Å². The van der Waals surface area contributed by atoms with E-state index in [1.807, 2.05) is 0 Å². The molecular formula is C9H9N3O2. The van der Waals surface area contributed by atoms with Crippen LogP contribution in [0.1, 0.15) is 28.5 Å². The number of hydrogen-bond acceptors (Lipinski definition) is 4. The van der Waals surface area contributed by atoms with Gasteiger partial charge in [-0.3, -0.25) is 9.59 Å². The molecule has 14 heavy (non-hydrogen) atoms. The lowest BCUT2D eigenvalue weighted by Gasteiger charge is -2.06. The lowest BCUT2D eigenvalue weighted by molar-refractivity contribution is 0.101. The molecule has 0 aliphatic rings. The van der Waals surface area contributed by atoms with Crippen molar-refractivity contribution < 1.29 is 4.79 Å². The fourth-order valence-corrected chi connectivity index (χ4v) is 1.31. The number of nitrogens with two attached hydrogens (primary N) is 1. The number of pyridine rings is 1. The normalized spacial score (nSPS) is 9.50. The number of aromatic nitrogens is 1. The first-order valence-corrected chi connectivity index (χ1v) is 3.92. The summed E-state index contributed by atoms with van der Waals surface area (Å²) in [5.74, 6) is -0.271. The van der Waals surface area contributed by atoms with Crippen LogP contribution in [-0.2, 0) is 0 Å². The number of nitrogens with zero attached hydrogens (tertiary/aromatic N) is 1. The Morgan fingerprint density at radius 2 is 2.14 bits per heavy atom. The van der Waals surface area contributed by atoms with Crippen molar-refractivity contribution in [3.05, 3.63) is 27.2 Å². The highest BCUT2D eigenvalue weighted by molar-refractivity contribution is 6.00. The number of rotatable bonds is 1. The second-order valence-corrected chi connectivity index (χ2v) is 2.91. The number of nitrogens with one attached hydrogen (secondary N) is 1. The van der Waals surface area contributed by atoms with Gasteiger partial charge in [-0.25, -0.2) is 0 Å². The Bertz CT molecular complexity index is 494. The average Bonchev–Trinajstić information content (AvgIpc) is 2.02. The summed E-state index contributed by atoms with van der Waals surface area (Å²) >= 11 is 0. The molecule has 0 aliphatic heterocycles. The third kappa shape index (κ3) is 1.38. The minimum absolute atomic E-state index is 0.0405. The molecule has 5 nitrogen and oxygen atoms in total. The molecule has 0 radical (unpaired) electrons. The molecule has 0 unspecified atom stereocenters. The van der Waals surface area contributed by atoms with E-state index in [1.165, 1.54) is 6.92 Å². The number of aromatic amines is 1. The van der Waals surface area contributed by atoms with E-state index < -0.39 is 5.56 Å². The number of hydrogen-bond donors (Lipinski definition) is 2. The van der Waals surface area contributed by atoms with E-state index in [0.29, 0.717) is 5.69 Å². The summed E-state index contributed by atoms with van der Waals surface area (Å²) in [7, 11) is 0. The van der Waals surface area contributed by atoms with E-state index in [1.54, 1.807) is 13.0 Å². The van der Waals surface area contributed by atoms with Gasteiger partial charge in [0.1, 0.15) is 11.6 Å². The molecule has 0 aromatic carbocycles. The number of nitriles is 1. The van der Waals surface area contributed by atoms with E-state index in [0.717, 1.165) is 0 Å². The maximum Gasteiger partial charge on any atom is 0.268 e. The van der Waals surface area contributed by atoms with Gasteiger partial charge in [-0.15, -0.1) is 0 Å². The maximum atomic E-state index is 11.2. The van der Waals surface area contributed by atoms with E-state index >= 15 is 0 Å². The van der Waals surface area contributed by atoms with Crippen LogP contribution >= 0.6 is 0 Å². The van der Waals surface area contributed by atoms with Crippen LogP contribution < -0.4 is 11.3 Å². The molecule has 5 heteroatoms. The summed E-state index contributed by atoms with van der Waals surface area (Å²) in [5, 5.41) is 8.64. The van der Waals surface area contributed by atoms with Gasteiger partial charge >= 0.3 is 0 Å². The molecule has 3 N–H and O–H groups in total. The summed E-state index contributed by atoms with van der Waals surface area (Å²) in [6, 6.07) is 1.67. The fraction of sp³-hybridized carbons (Fsp3) is 0.222. The van der Waals surface area contributed by atoms with E-state index in [2.05, 4.69) is 4.98 Å². The zero-order valence-corrected chi connectivity index (χ0v) is 7.84. The van der Waals surface area contributed by atoms with Crippen LogP contribution in [0.2, 0.25) is 0 Å². The van der Waals surface area contributed by atoms with Crippen molar-refractivity contribution in [2.45, 2.75) is 13.8 Å². The van der Waals surface area contributed by atoms with Gasteiger partial charge in [0.05, 0.1) is 11.3 Å². The van der Waals surface area contributed by atoms with E-state index in [9.17, 15) is 9.59 Å². The van der Waals surface area contributed by atoms with Gasteiger partial charge in [0.2, 0.25) is 0 Å². The van der Waals surface area contributed by atoms with Crippen LogP contribution in [0.5, 0.6) is 0 Å². The van der Waals surface area contributed by atoms with Crippen LogP contribution in [-0.4, -0.2) is 10.8 Å². The molecule has 1 aromatic heterocycles. The minimum Gasteiger partial charge on any atom is -0.397 e. The topological polar surface area (TPSA) is 99.7 Å². The number of carbonyl (C=O) groups excluding carboxylic acids is 1. The van der Waals surface area contributed by atoms with Crippen molar-refractivity contribution in [2.75, 3.05) is 5.73 Å². The quantitative estimate of drug-likeness (QED) is 0.625. The SMILES string of the molecule is CC(=O)c1c(C)[nH]c(=O)c(C#N)c1N. The molecule has 72 valence electrons. The van der Waals surface area contributed by atoms with Gasteiger partial charge in [0.15, 0.2) is 5.78 Å². The van der Waals surface area contributed by atoms with Crippen molar-refractivity contribution in [2.24, 2.45) is 0 Å². The van der Waals surface area contributed by atoms with Gasteiger partial charge in [-0.2, -0.15) is 5.26 Å². The monoisotopic (exact) mass is 191 g/mol. The molecular weight excluding hydrogens is 182 g/mol. The van der Waals surface area contributed by atoms with Crippen LogP contribution in [0.3, 0.4) is 0 Å². The third-order valence-electron chi connectivity index (χ3n) is 1.91. The predicted octanol–water partition coefficient (Wildman–Crippen LogP) is 0.340. The van der Waals surface area contributed by atoms with Crippen molar-refractivity contribution in [3.63, 3.8) is 0 Å². The molecule has 0 atom stereocenters. The summed E-state index contributed by atoms with van der Waals surface area (Å²) in [6.07, 6.45) is 0. The van der Waals surface area contributed by atoms with Crippen molar-refractivity contribution in [3.8, 4) is 6.07 Å². The molecule has 1 rings (SSSR count). The van der Waals surface area contributed by atoms with Crippen molar-refractivity contribution >= 4 is 11.5 Å². The highest BCUT2D eigenvalue weighted by atomic mass is 16.1. The highest BCUT2D eigenvalue weighted by Crippen LogP contribution is 2.16. The number of Topliss-reactive ketones (excluding diaryl/α,β-unsaturated/α-hetero) is 1. The summed E-state index contributed by atoms with van der Waals surface area (Å²) in [4.78, 5) is 24.8. The third-order valence-corrected chi connectivity index (χ3v) is 1.91. The first-order chi connectivity index (χ1) is 6.49. The molecule has 1 heterocycles. The zero-order chi connectivity index (χ0) is 10.9. The number of ketones is 1. The molecule has 0 amide bonds. The fourth-order valence-electron chi connectivity index (χ4n) is 1.31. The lowest BCUT2D eigenvalue weighted by atomic mass is 10.1. The minimum atomic E-state index is -0.562. The molecule has 0 bridgehead atoms. The van der Waals surface area contributed by atoms with Gasteiger partial charge in [-0.05, 0) is 13.8 Å². The summed E-state index contributed by atoms with van der Waals surface area (Å²) < 4.78 is 0. The van der Waals surface area contributed by atoms with Gasteiger partial charge in [-0.1, -0.05) is 0 Å². The second kappa shape index (κ2) is 3.34. The highest BCUT2D eigenvalue weighted by Gasteiger charge is 2.15. The first kappa shape index (κ1) is 9.99. The van der Waals surface area contributed by atoms with E-state index in [4.69, 9.17) is 11.0 Å². The Hall–Kier alpha value is -2.09. The predicted molar refractivity (Wildman–Crippen MR) is 50.9 cm³/mol. The Labute approximate surface area is 80.2 Å².